The fraction of sp³-hybridized carbons (Fsp3) is 0.562. The van der Waals surface area contributed by atoms with Crippen LogP contribution in [0.4, 0.5) is 0 Å². The Morgan fingerprint density at radius 1 is 1.20 bits per heavy atom. The van der Waals surface area contributed by atoms with Crippen molar-refractivity contribution >= 4 is 21.6 Å². The highest BCUT2D eigenvalue weighted by atomic mass is 32.1. The van der Waals surface area contributed by atoms with Crippen LogP contribution in [0.2, 0.25) is 0 Å². The maximum Gasteiger partial charge on any atom is 0.108 e. The minimum atomic E-state index is -0.0862. The van der Waals surface area contributed by atoms with E-state index in [9.17, 15) is 5.11 Å². The molecule has 1 aromatic carbocycles. The van der Waals surface area contributed by atoms with Gasteiger partial charge in [0.15, 0.2) is 0 Å². The van der Waals surface area contributed by atoms with Gasteiger partial charge in [0.25, 0.3) is 0 Å². The number of aliphatic hydroxyl groups excluding tert-OH is 1. The number of fused-ring (bicyclic) bond motifs is 3. The van der Waals surface area contributed by atoms with Gasteiger partial charge in [-0.25, -0.2) is 4.98 Å². The number of nitrogens with zero attached hydrogens (tertiary/aromatic N) is 2. The first-order valence-corrected chi connectivity index (χ1v) is 8.39. The Labute approximate surface area is 123 Å². The lowest BCUT2D eigenvalue weighted by Crippen LogP contribution is -2.52. The van der Waals surface area contributed by atoms with E-state index in [1.54, 1.807) is 0 Å². The third-order valence-electron chi connectivity index (χ3n) is 4.76. The summed E-state index contributed by atoms with van der Waals surface area (Å²) >= 11 is 1.82. The SMILES string of the molecule is OC1C[C@H]2CCC[C@@H](C1)N2Cc1nc2ccccc2s1. The quantitative estimate of drug-likeness (QED) is 0.922. The number of rotatable bonds is 2. The summed E-state index contributed by atoms with van der Waals surface area (Å²) < 4.78 is 1.28. The molecule has 3 heterocycles. The molecule has 0 radical (unpaired) electrons. The van der Waals surface area contributed by atoms with Gasteiger partial charge in [0.1, 0.15) is 5.01 Å². The fourth-order valence-corrected chi connectivity index (χ4v) is 4.83. The molecular weight excluding hydrogens is 268 g/mol. The molecule has 1 aromatic heterocycles. The smallest absolute Gasteiger partial charge is 0.108 e. The molecule has 0 saturated carbocycles. The number of thiazole rings is 1. The van der Waals surface area contributed by atoms with Gasteiger partial charge in [-0.3, -0.25) is 4.90 Å². The van der Waals surface area contributed by atoms with Crippen LogP contribution in [-0.4, -0.2) is 33.2 Å². The van der Waals surface area contributed by atoms with Gasteiger partial charge >= 0.3 is 0 Å². The lowest BCUT2D eigenvalue weighted by atomic mass is 9.83. The summed E-state index contributed by atoms with van der Waals surface area (Å²) in [6.45, 7) is 0.960. The predicted octanol–water partition coefficient (Wildman–Crippen LogP) is 3.17. The summed E-state index contributed by atoms with van der Waals surface area (Å²) in [4.78, 5) is 7.37. The molecule has 4 rings (SSSR count). The Morgan fingerprint density at radius 3 is 2.70 bits per heavy atom. The van der Waals surface area contributed by atoms with E-state index in [1.165, 1.54) is 29.0 Å². The van der Waals surface area contributed by atoms with Crippen LogP contribution in [0.3, 0.4) is 0 Å². The molecule has 3 nitrogen and oxygen atoms in total. The van der Waals surface area contributed by atoms with Gasteiger partial charge in [0, 0.05) is 12.1 Å². The summed E-state index contributed by atoms with van der Waals surface area (Å²) in [7, 11) is 0. The van der Waals surface area contributed by atoms with E-state index in [1.807, 2.05) is 11.3 Å². The number of piperidine rings is 2. The monoisotopic (exact) mass is 288 g/mol. The fourth-order valence-electron chi connectivity index (χ4n) is 3.85. The van der Waals surface area contributed by atoms with Crippen molar-refractivity contribution in [1.29, 1.82) is 0 Å². The van der Waals surface area contributed by atoms with Crippen molar-refractivity contribution in [2.75, 3.05) is 0 Å². The van der Waals surface area contributed by atoms with Crippen LogP contribution in [0, 0.1) is 0 Å². The van der Waals surface area contributed by atoms with Gasteiger partial charge in [0.2, 0.25) is 0 Å². The minimum Gasteiger partial charge on any atom is -0.393 e. The van der Waals surface area contributed by atoms with Crippen LogP contribution in [0.25, 0.3) is 10.2 Å². The standard InChI is InChI=1S/C16H20N2OS/c19-13-8-11-4-3-5-12(9-13)18(11)10-16-17-14-6-1-2-7-15(14)20-16/h1-2,6-7,11-13,19H,3-5,8-10H2/t11-,12+,13?. The lowest BCUT2D eigenvalue weighted by molar-refractivity contribution is -0.0312. The largest absolute Gasteiger partial charge is 0.393 e. The zero-order chi connectivity index (χ0) is 13.5. The third kappa shape index (κ3) is 2.26. The average Bonchev–Trinajstić information content (AvgIpc) is 2.82. The molecule has 2 aliphatic rings. The average molecular weight is 288 g/mol. The normalized spacial score (nSPS) is 30.8. The van der Waals surface area contributed by atoms with Crippen LogP contribution >= 0.6 is 11.3 Å². The van der Waals surface area contributed by atoms with E-state index in [-0.39, 0.29) is 6.10 Å². The van der Waals surface area contributed by atoms with E-state index in [4.69, 9.17) is 4.98 Å². The maximum absolute atomic E-state index is 9.97. The molecule has 2 aliphatic heterocycles. The number of hydrogen-bond donors (Lipinski definition) is 1. The molecule has 1 unspecified atom stereocenters. The summed E-state index contributed by atoms with van der Waals surface area (Å²) in [6, 6.07) is 9.50. The first kappa shape index (κ1) is 12.7. The summed E-state index contributed by atoms with van der Waals surface area (Å²) in [6.07, 6.45) is 5.59. The Hall–Kier alpha value is -0.970. The second-order valence-electron chi connectivity index (χ2n) is 6.11. The molecule has 3 atom stereocenters. The van der Waals surface area contributed by atoms with E-state index in [0.717, 1.165) is 24.9 Å². The molecule has 2 bridgehead atoms. The van der Waals surface area contributed by atoms with E-state index in [0.29, 0.717) is 12.1 Å². The second kappa shape index (κ2) is 5.10. The van der Waals surface area contributed by atoms with Crippen molar-refractivity contribution in [3.63, 3.8) is 0 Å². The topological polar surface area (TPSA) is 36.4 Å². The Morgan fingerprint density at radius 2 is 1.95 bits per heavy atom. The summed E-state index contributed by atoms with van der Waals surface area (Å²) in [5, 5.41) is 11.2. The molecule has 20 heavy (non-hydrogen) atoms. The van der Waals surface area contributed by atoms with Gasteiger partial charge in [0.05, 0.1) is 22.9 Å². The zero-order valence-corrected chi connectivity index (χ0v) is 12.4. The zero-order valence-electron chi connectivity index (χ0n) is 11.5. The van der Waals surface area contributed by atoms with Crippen molar-refractivity contribution in [3.05, 3.63) is 29.3 Å². The molecule has 1 N–H and O–H groups in total. The van der Waals surface area contributed by atoms with Crippen LogP contribution in [-0.2, 0) is 6.54 Å². The Balaban J connectivity index is 1.58. The van der Waals surface area contributed by atoms with Gasteiger partial charge in [-0.15, -0.1) is 11.3 Å². The van der Waals surface area contributed by atoms with Crippen LogP contribution in [0.1, 0.15) is 37.1 Å². The van der Waals surface area contributed by atoms with Gasteiger partial charge in [-0.2, -0.15) is 0 Å². The van der Waals surface area contributed by atoms with Crippen LogP contribution in [0.5, 0.6) is 0 Å². The highest BCUT2D eigenvalue weighted by molar-refractivity contribution is 7.18. The first-order valence-electron chi connectivity index (χ1n) is 7.58. The van der Waals surface area contributed by atoms with E-state index >= 15 is 0 Å². The van der Waals surface area contributed by atoms with Gasteiger partial charge in [-0.05, 0) is 37.8 Å². The van der Waals surface area contributed by atoms with Crippen molar-refractivity contribution < 1.29 is 5.11 Å². The molecule has 4 heteroatoms. The Bertz CT molecular complexity index is 564. The van der Waals surface area contributed by atoms with E-state index < -0.39 is 0 Å². The van der Waals surface area contributed by atoms with Gasteiger partial charge < -0.3 is 5.11 Å². The van der Waals surface area contributed by atoms with Crippen LogP contribution < -0.4 is 0 Å². The van der Waals surface area contributed by atoms with Gasteiger partial charge in [-0.1, -0.05) is 18.6 Å². The molecule has 0 aliphatic carbocycles. The molecule has 2 fully saturated rings. The van der Waals surface area contributed by atoms with E-state index in [2.05, 4.69) is 29.2 Å². The number of hydrogen-bond acceptors (Lipinski definition) is 4. The van der Waals surface area contributed by atoms with Crippen molar-refractivity contribution in [1.82, 2.24) is 9.88 Å². The van der Waals surface area contributed by atoms with Crippen LogP contribution in [0.15, 0.2) is 24.3 Å². The van der Waals surface area contributed by atoms with Crippen molar-refractivity contribution in [2.24, 2.45) is 0 Å². The number of para-hydroxylation sites is 1. The number of aromatic nitrogens is 1. The summed E-state index contributed by atoms with van der Waals surface area (Å²) in [5.74, 6) is 0. The Kier molecular flexibility index (Phi) is 3.25. The van der Waals surface area contributed by atoms with Crippen molar-refractivity contribution in [2.45, 2.75) is 56.8 Å². The molecule has 0 amide bonds. The predicted molar refractivity (Wildman–Crippen MR) is 81.8 cm³/mol. The highest BCUT2D eigenvalue weighted by Gasteiger charge is 2.37. The second-order valence-corrected chi connectivity index (χ2v) is 7.23. The molecule has 0 spiro atoms. The highest BCUT2D eigenvalue weighted by Crippen LogP contribution is 2.36. The molecule has 2 aromatic rings. The molecule has 106 valence electrons. The minimum absolute atomic E-state index is 0.0862. The number of aliphatic hydroxyl groups is 1. The molecule has 2 saturated heterocycles. The first-order chi connectivity index (χ1) is 9.79. The summed E-state index contributed by atoms with van der Waals surface area (Å²) in [5.41, 5.74) is 1.12. The maximum atomic E-state index is 9.97. The lowest BCUT2D eigenvalue weighted by Gasteiger charge is -2.47. The molecular formula is C16H20N2OS. The van der Waals surface area contributed by atoms with Crippen molar-refractivity contribution in [3.8, 4) is 0 Å². The number of benzene rings is 1. The third-order valence-corrected chi connectivity index (χ3v) is 5.78.